The normalized spacial score (nSPS) is 17.9. The number of hydrogen-bond acceptors (Lipinski definition) is 4. The molecule has 18 heavy (non-hydrogen) atoms. The van der Waals surface area contributed by atoms with Crippen molar-refractivity contribution >= 4 is 34.6 Å². The van der Waals surface area contributed by atoms with Crippen molar-refractivity contribution in [3.05, 3.63) is 21.3 Å². The molecule has 1 saturated heterocycles. The molecule has 0 saturated carbocycles. The molecule has 0 aliphatic carbocycles. The molecule has 0 radical (unpaired) electrons. The quantitative estimate of drug-likeness (QED) is 0.795. The van der Waals surface area contributed by atoms with E-state index in [1.165, 1.54) is 11.3 Å². The van der Waals surface area contributed by atoms with Gasteiger partial charge in [-0.15, -0.1) is 11.3 Å². The molecule has 0 aromatic carbocycles. The molecule has 4 nitrogen and oxygen atoms in total. The zero-order valence-corrected chi connectivity index (χ0v) is 11.8. The first-order valence-corrected chi connectivity index (χ1v) is 7.00. The van der Waals surface area contributed by atoms with Crippen LogP contribution >= 0.6 is 22.9 Å². The first kappa shape index (κ1) is 13.5. The molecule has 0 N–H and O–H groups in total. The second-order valence-electron chi connectivity index (χ2n) is 4.41. The molecule has 6 heteroatoms. The van der Waals surface area contributed by atoms with Crippen molar-refractivity contribution in [2.75, 3.05) is 33.2 Å². The maximum Gasteiger partial charge on any atom is 0.236 e. The minimum atomic E-state index is 0.0317. The SMILES string of the molecule is CN1CCCN(CC(=O)c2ccc(Cl)s2)CC1=O. The second kappa shape index (κ2) is 5.82. The van der Waals surface area contributed by atoms with E-state index in [0.717, 1.165) is 19.5 Å². The third-order valence-corrected chi connectivity index (χ3v) is 4.24. The van der Waals surface area contributed by atoms with E-state index in [9.17, 15) is 9.59 Å². The summed E-state index contributed by atoms with van der Waals surface area (Å²) in [5, 5.41) is 0. The molecule has 1 aromatic rings. The Morgan fingerprint density at radius 2 is 2.22 bits per heavy atom. The maximum absolute atomic E-state index is 12.0. The Morgan fingerprint density at radius 1 is 1.44 bits per heavy atom. The lowest BCUT2D eigenvalue weighted by Crippen LogP contribution is -2.37. The molecule has 1 amide bonds. The highest BCUT2D eigenvalue weighted by molar-refractivity contribution is 7.18. The molecule has 1 aromatic heterocycles. The van der Waals surface area contributed by atoms with Gasteiger partial charge in [-0.05, 0) is 18.6 Å². The average molecular weight is 287 g/mol. The van der Waals surface area contributed by atoms with E-state index >= 15 is 0 Å². The number of carbonyl (C=O) groups is 2. The van der Waals surface area contributed by atoms with E-state index in [1.54, 1.807) is 24.1 Å². The van der Waals surface area contributed by atoms with Gasteiger partial charge < -0.3 is 4.90 Å². The smallest absolute Gasteiger partial charge is 0.236 e. The van der Waals surface area contributed by atoms with E-state index in [0.29, 0.717) is 15.8 Å². The predicted molar refractivity (Wildman–Crippen MR) is 72.4 cm³/mol. The van der Waals surface area contributed by atoms with Crippen LogP contribution in [-0.2, 0) is 4.79 Å². The van der Waals surface area contributed by atoms with Crippen molar-refractivity contribution in [3.8, 4) is 0 Å². The van der Waals surface area contributed by atoms with E-state index < -0.39 is 0 Å². The van der Waals surface area contributed by atoms with Gasteiger partial charge in [0.25, 0.3) is 0 Å². The molecule has 2 heterocycles. The van der Waals surface area contributed by atoms with Crippen molar-refractivity contribution in [1.82, 2.24) is 9.80 Å². The average Bonchev–Trinajstić information content (AvgIpc) is 2.68. The third-order valence-electron chi connectivity index (χ3n) is 2.97. The molecular weight excluding hydrogens is 272 g/mol. The highest BCUT2D eigenvalue weighted by atomic mass is 35.5. The Balaban J connectivity index is 1.96. The van der Waals surface area contributed by atoms with Gasteiger partial charge in [0.15, 0.2) is 5.78 Å². The molecule has 1 fully saturated rings. The first-order chi connectivity index (χ1) is 8.56. The zero-order chi connectivity index (χ0) is 13.1. The molecule has 0 spiro atoms. The fourth-order valence-electron chi connectivity index (χ4n) is 1.93. The third kappa shape index (κ3) is 3.31. The minimum absolute atomic E-state index is 0.0317. The summed E-state index contributed by atoms with van der Waals surface area (Å²) in [6.07, 6.45) is 0.903. The van der Waals surface area contributed by atoms with Crippen LogP contribution in [0.4, 0.5) is 0 Å². The summed E-state index contributed by atoms with van der Waals surface area (Å²) in [5.74, 6) is 0.105. The van der Waals surface area contributed by atoms with Crippen LogP contribution in [0.15, 0.2) is 12.1 Å². The van der Waals surface area contributed by atoms with Crippen molar-refractivity contribution in [2.45, 2.75) is 6.42 Å². The minimum Gasteiger partial charge on any atom is -0.345 e. The number of thiophene rings is 1. The molecule has 0 bridgehead atoms. The van der Waals surface area contributed by atoms with Gasteiger partial charge in [0.1, 0.15) is 0 Å². The molecule has 0 atom stereocenters. The summed E-state index contributed by atoms with van der Waals surface area (Å²) < 4.78 is 0.616. The number of Topliss-reactive ketones (excluding diaryl/α,β-unsaturated/α-hetero) is 1. The molecular formula is C12H15ClN2O2S. The van der Waals surface area contributed by atoms with Crippen LogP contribution in [0.3, 0.4) is 0 Å². The number of ketones is 1. The summed E-state index contributed by atoms with van der Waals surface area (Å²) >= 11 is 7.09. The van der Waals surface area contributed by atoms with Gasteiger partial charge in [-0.1, -0.05) is 11.6 Å². The van der Waals surface area contributed by atoms with Crippen LogP contribution < -0.4 is 0 Å². The summed E-state index contributed by atoms with van der Waals surface area (Å²) in [6.45, 7) is 2.15. The van der Waals surface area contributed by atoms with Gasteiger partial charge in [0, 0.05) is 20.1 Å². The number of nitrogens with zero attached hydrogens (tertiary/aromatic N) is 2. The summed E-state index contributed by atoms with van der Waals surface area (Å²) in [7, 11) is 1.80. The van der Waals surface area contributed by atoms with Crippen LogP contribution in [0.25, 0.3) is 0 Å². The number of carbonyl (C=O) groups excluding carboxylic acids is 2. The Hall–Kier alpha value is -0.910. The first-order valence-electron chi connectivity index (χ1n) is 5.81. The van der Waals surface area contributed by atoms with Crippen LogP contribution in [0, 0.1) is 0 Å². The lowest BCUT2D eigenvalue weighted by molar-refractivity contribution is -0.129. The molecule has 2 rings (SSSR count). The fourth-order valence-corrected chi connectivity index (χ4v) is 2.90. The Bertz CT molecular complexity index is 461. The van der Waals surface area contributed by atoms with Crippen molar-refractivity contribution in [1.29, 1.82) is 0 Å². The predicted octanol–water partition coefficient (Wildman–Crippen LogP) is 1.75. The summed E-state index contributed by atoms with van der Waals surface area (Å²) in [6, 6.07) is 3.46. The van der Waals surface area contributed by atoms with Crippen molar-refractivity contribution in [3.63, 3.8) is 0 Å². The zero-order valence-electron chi connectivity index (χ0n) is 10.2. The highest BCUT2D eigenvalue weighted by Crippen LogP contribution is 2.22. The van der Waals surface area contributed by atoms with Crippen LogP contribution in [-0.4, -0.2) is 54.7 Å². The van der Waals surface area contributed by atoms with E-state index in [4.69, 9.17) is 11.6 Å². The number of rotatable bonds is 3. The van der Waals surface area contributed by atoms with Crippen LogP contribution in [0.5, 0.6) is 0 Å². The van der Waals surface area contributed by atoms with Gasteiger partial charge in [0.05, 0.1) is 22.3 Å². The summed E-state index contributed by atoms with van der Waals surface area (Å²) in [4.78, 5) is 28.0. The van der Waals surface area contributed by atoms with Gasteiger partial charge in [-0.2, -0.15) is 0 Å². The van der Waals surface area contributed by atoms with Crippen molar-refractivity contribution in [2.24, 2.45) is 0 Å². The number of likely N-dealkylation sites (N-methyl/N-ethyl adjacent to an activating group) is 1. The largest absolute Gasteiger partial charge is 0.345 e. The van der Waals surface area contributed by atoms with E-state index in [1.807, 2.05) is 4.90 Å². The Kier molecular flexibility index (Phi) is 4.37. The second-order valence-corrected chi connectivity index (χ2v) is 6.12. The van der Waals surface area contributed by atoms with Crippen LogP contribution in [0.2, 0.25) is 4.34 Å². The van der Waals surface area contributed by atoms with Gasteiger partial charge in [0.2, 0.25) is 5.91 Å². The number of halogens is 1. The van der Waals surface area contributed by atoms with E-state index in [-0.39, 0.29) is 18.2 Å². The molecule has 98 valence electrons. The standard InChI is InChI=1S/C12H15ClN2O2S/c1-14-5-2-6-15(8-12(14)17)7-9(16)10-3-4-11(13)18-10/h3-4H,2,5-8H2,1H3. The molecule has 1 aliphatic heterocycles. The van der Waals surface area contributed by atoms with E-state index in [2.05, 4.69) is 0 Å². The molecule has 0 unspecified atom stereocenters. The van der Waals surface area contributed by atoms with Crippen molar-refractivity contribution < 1.29 is 9.59 Å². The number of hydrogen-bond donors (Lipinski definition) is 0. The maximum atomic E-state index is 12.0. The van der Waals surface area contributed by atoms with Gasteiger partial charge in [-0.25, -0.2) is 0 Å². The monoisotopic (exact) mass is 286 g/mol. The fraction of sp³-hybridized carbons (Fsp3) is 0.500. The van der Waals surface area contributed by atoms with Gasteiger partial charge in [-0.3, -0.25) is 14.5 Å². The van der Waals surface area contributed by atoms with Gasteiger partial charge >= 0.3 is 0 Å². The lowest BCUT2D eigenvalue weighted by Gasteiger charge is -2.17. The van der Waals surface area contributed by atoms with Crippen LogP contribution in [0.1, 0.15) is 16.1 Å². The lowest BCUT2D eigenvalue weighted by atomic mass is 10.3. The Labute approximate surface area is 115 Å². The Morgan fingerprint density at radius 3 is 2.89 bits per heavy atom. The topological polar surface area (TPSA) is 40.6 Å². The number of amides is 1. The summed E-state index contributed by atoms with van der Waals surface area (Å²) in [5.41, 5.74) is 0. The molecule has 1 aliphatic rings. The highest BCUT2D eigenvalue weighted by Gasteiger charge is 2.21.